The summed E-state index contributed by atoms with van der Waals surface area (Å²) >= 11 is 1.28. The molecule has 28 heavy (non-hydrogen) atoms. The average molecular weight is 421 g/mol. The maximum absolute atomic E-state index is 13.0. The molecule has 8 nitrogen and oxygen atoms in total. The van der Waals surface area contributed by atoms with Crippen molar-refractivity contribution in [3.8, 4) is 0 Å². The summed E-state index contributed by atoms with van der Waals surface area (Å²) in [5, 5.41) is 44.1. The van der Waals surface area contributed by atoms with Gasteiger partial charge in [0.25, 0.3) is 0 Å². The van der Waals surface area contributed by atoms with Crippen LogP contribution in [0.4, 0.5) is 0 Å². The summed E-state index contributed by atoms with van der Waals surface area (Å²) in [6, 6.07) is 0. The number of thioether (sulfide) groups is 1. The lowest BCUT2D eigenvalue weighted by Crippen LogP contribution is -2.62. The van der Waals surface area contributed by atoms with Gasteiger partial charge in [0, 0.05) is 6.54 Å². The number of aliphatic hydroxyl groups is 4. The van der Waals surface area contributed by atoms with Crippen LogP contribution in [0.2, 0.25) is 0 Å². The van der Waals surface area contributed by atoms with Crippen LogP contribution >= 0.6 is 11.8 Å². The normalized spacial score (nSPS) is 38.9. The van der Waals surface area contributed by atoms with Gasteiger partial charge in [-0.2, -0.15) is 0 Å². The molecule has 0 spiro atoms. The topological polar surface area (TPSA) is 122 Å². The van der Waals surface area contributed by atoms with Crippen LogP contribution in [0.1, 0.15) is 40.0 Å². The zero-order valence-corrected chi connectivity index (χ0v) is 18.0. The molecule has 0 bridgehead atoms. The van der Waals surface area contributed by atoms with Crippen LogP contribution in [0.3, 0.4) is 0 Å². The first kappa shape index (κ1) is 23.9. The number of ether oxygens (including phenoxy) is 1. The monoisotopic (exact) mass is 420 g/mol. The molecule has 0 aliphatic carbocycles. The average Bonchev–Trinajstić information content (AvgIpc) is 2.96. The van der Waals surface area contributed by atoms with Crippen LogP contribution in [0.5, 0.6) is 0 Å². The van der Waals surface area contributed by atoms with Gasteiger partial charge in [-0.25, -0.2) is 0 Å². The molecule has 0 aromatic heterocycles. The van der Waals surface area contributed by atoms with Crippen LogP contribution in [-0.2, 0) is 9.53 Å². The van der Waals surface area contributed by atoms with Gasteiger partial charge in [-0.3, -0.25) is 9.69 Å². The number of aliphatic hydroxyl groups excluding tert-OH is 4. The van der Waals surface area contributed by atoms with E-state index in [9.17, 15) is 25.2 Å². The third kappa shape index (κ3) is 5.38. The Morgan fingerprint density at radius 1 is 1.25 bits per heavy atom. The maximum Gasteiger partial charge on any atom is 0.229 e. The van der Waals surface area contributed by atoms with Gasteiger partial charge in [-0.1, -0.05) is 20.3 Å². The molecule has 5 N–H and O–H groups in total. The zero-order valence-electron chi connectivity index (χ0n) is 17.2. The minimum atomic E-state index is -1.47. The second-order valence-electron chi connectivity index (χ2n) is 8.02. The molecule has 2 fully saturated rings. The smallest absolute Gasteiger partial charge is 0.229 e. The first-order valence-corrected chi connectivity index (χ1v) is 11.3. The highest BCUT2D eigenvalue weighted by molar-refractivity contribution is 7.99. The fourth-order valence-corrected chi connectivity index (χ4v) is 5.16. The summed E-state index contributed by atoms with van der Waals surface area (Å²) in [6.07, 6.45) is -3.48. The van der Waals surface area contributed by atoms with Crippen molar-refractivity contribution in [2.75, 3.05) is 19.3 Å². The minimum Gasteiger partial charge on any atom is -0.392 e. The van der Waals surface area contributed by atoms with Crippen LogP contribution < -0.4 is 5.32 Å². The predicted molar refractivity (Wildman–Crippen MR) is 108 cm³/mol. The molecule has 9 atom stereocenters. The van der Waals surface area contributed by atoms with Gasteiger partial charge in [0.2, 0.25) is 5.91 Å². The molecule has 2 rings (SSSR count). The first-order valence-electron chi connectivity index (χ1n) is 10.2. The number of hydrogen-bond donors (Lipinski definition) is 5. The lowest BCUT2D eigenvalue weighted by Gasteiger charge is -2.43. The fraction of sp³-hybridized carbons (Fsp3) is 0.947. The fourth-order valence-electron chi connectivity index (χ4n) is 4.27. The second-order valence-corrected chi connectivity index (χ2v) is 9.39. The highest BCUT2D eigenvalue weighted by atomic mass is 32.2. The third-order valence-electron chi connectivity index (χ3n) is 5.75. The van der Waals surface area contributed by atoms with E-state index in [0.29, 0.717) is 11.7 Å². The molecule has 0 aromatic carbocycles. The number of nitrogens with one attached hydrogen (secondary N) is 1. The molecule has 0 radical (unpaired) electrons. The molecule has 2 aliphatic rings. The summed E-state index contributed by atoms with van der Waals surface area (Å²) < 4.78 is 5.79. The van der Waals surface area contributed by atoms with Gasteiger partial charge in [0.05, 0.1) is 18.2 Å². The Morgan fingerprint density at radius 3 is 2.50 bits per heavy atom. The van der Waals surface area contributed by atoms with E-state index in [1.807, 2.05) is 14.0 Å². The predicted octanol–water partition coefficient (Wildman–Crippen LogP) is -0.262. The molecule has 2 aliphatic heterocycles. The summed E-state index contributed by atoms with van der Waals surface area (Å²) in [6.45, 7) is 6.40. The van der Waals surface area contributed by atoms with E-state index in [-0.39, 0.29) is 6.17 Å². The highest BCUT2D eigenvalue weighted by Crippen LogP contribution is 2.33. The Balaban J connectivity index is 2.11. The van der Waals surface area contributed by atoms with Crippen molar-refractivity contribution in [2.24, 2.45) is 11.8 Å². The minimum absolute atomic E-state index is 0.137. The van der Waals surface area contributed by atoms with E-state index in [4.69, 9.17) is 4.74 Å². The Morgan fingerprint density at radius 2 is 1.93 bits per heavy atom. The van der Waals surface area contributed by atoms with Gasteiger partial charge < -0.3 is 30.5 Å². The van der Waals surface area contributed by atoms with Gasteiger partial charge in [0.1, 0.15) is 29.9 Å². The molecule has 9 heteroatoms. The molecule has 1 amide bonds. The molecule has 0 aromatic rings. The molecule has 2 saturated heterocycles. The standard InChI is InChI=1S/C19H36N2O6S/c1-5-7-11-8-12(21(4)9-11)20-18(26)13(10(3)22)17-15(24)14(23)16(25)19(27-17)28-6-2/h10-17,19,22-25H,5-9H2,1-4H3,(H,20,26). The Kier molecular flexibility index (Phi) is 9.00. The van der Waals surface area contributed by atoms with Crippen molar-refractivity contribution < 1.29 is 30.0 Å². The number of amides is 1. The van der Waals surface area contributed by atoms with E-state index in [0.717, 1.165) is 25.8 Å². The number of rotatable bonds is 8. The van der Waals surface area contributed by atoms with Gasteiger partial charge in [-0.15, -0.1) is 11.8 Å². The largest absolute Gasteiger partial charge is 0.392 e. The number of nitrogens with zero attached hydrogens (tertiary/aromatic N) is 1. The third-order valence-corrected chi connectivity index (χ3v) is 6.81. The van der Waals surface area contributed by atoms with Crippen molar-refractivity contribution in [2.45, 2.75) is 82.2 Å². The summed E-state index contributed by atoms with van der Waals surface area (Å²) in [5.74, 6) is -0.328. The van der Waals surface area contributed by atoms with Gasteiger partial charge in [0.15, 0.2) is 0 Å². The quantitative estimate of drug-likeness (QED) is 0.364. The van der Waals surface area contributed by atoms with Crippen molar-refractivity contribution in [3.05, 3.63) is 0 Å². The van der Waals surface area contributed by atoms with Crippen LogP contribution in [-0.4, -0.2) is 92.7 Å². The van der Waals surface area contributed by atoms with Crippen molar-refractivity contribution in [1.29, 1.82) is 0 Å². The lowest BCUT2D eigenvalue weighted by atomic mass is 9.86. The molecule has 9 unspecified atom stereocenters. The molecular weight excluding hydrogens is 384 g/mol. The number of hydrogen-bond acceptors (Lipinski definition) is 8. The van der Waals surface area contributed by atoms with Crippen molar-refractivity contribution >= 4 is 17.7 Å². The summed E-state index contributed by atoms with van der Waals surface area (Å²) in [4.78, 5) is 15.1. The van der Waals surface area contributed by atoms with Crippen LogP contribution in [0.25, 0.3) is 0 Å². The van der Waals surface area contributed by atoms with Crippen LogP contribution in [0.15, 0.2) is 0 Å². The van der Waals surface area contributed by atoms with Gasteiger partial charge >= 0.3 is 0 Å². The van der Waals surface area contributed by atoms with Gasteiger partial charge in [-0.05, 0) is 38.5 Å². The highest BCUT2D eigenvalue weighted by Gasteiger charge is 2.50. The molecule has 164 valence electrons. The van der Waals surface area contributed by atoms with Crippen LogP contribution in [0, 0.1) is 11.8 Å². The van der Waals surface area contributed by atoms with E-state index in [2.05, 4.69) is 17.1 Å². The molecule has 0 saturated carbocycles. The lowest BCUT2D eigenvalue weighted by molar-refractivity contribution is -0.218. The number of carbonyl (C=O) groups is 1. The first-order chi connectivity index (χ1) is 13.2. The van der Waals surface area contributed by atoms with Crippen molar-refractivity contribution in [1.82, 2.24) is 10.2 Å². The Hall–Kier alpha value is -0.420. The number of carbonyl (C=O) groups excluding carboxylic acids is 1. The molecular formula is C19H36N2O6S. The van der Waals surface area contributed by atoms with E-state index >= 15 is 0 Å². The zero-order chi connectivity index (χ0) is 21.0. The Bertz CT molecular complexity index is 511. The summed E-state index contributed by atoms with van der Waals surface area (Å²) in [5.41, 5.74) is -0.773. The van der Waals surface area contributed by atoms with E-state index in [1.165, 1.54) is 18.7 Å². The van der Waals surface area contributed by atoms with E-state index < -0.39 is 47.8 Å². The van der Waals surface area contributed by atoms with Crippen molar-refractivity contribution in [3.63, 3.8) is 0 Å². The number of likely N-dealkylation sites (tertiary alicyclic amines) is 1. The SMILES string of the molecule is CCCC1CC(NC(=O)C(C(C)O)C2OC(SCC)C(O)C(O)C2O)N(C)C1. The maximum atomic E-state index is 13.0. The summed E-state index contributed by atoms with van der Waals surface area (Å²) in [7, 11) is 1.96. The van der Waals surface area contributed by atoms with E-state index in [1.54, 1.807) is 0 Å². The second kappa shape index (κ2) is 10.6. The molecule has 2 heterocycles. The Labute approximate surface area is 171 Å².